The SMILES string of the molecule is CC[C@@H](C)NC(=O)N[C@H](C)c1ccc2c(c1)OCO2. The maximum atomic E-state index is 11.8. The van der Waals surface area contributed by atoms with Crippen LogP contribution in [-0.4, -0.2) is 18.9 Å². The van der Waals surface area contributed by atoms with E-state index in [2.05, 4.69) is 10.6 Å². The van der Waals surface area contributed by atoms with Crippen LogP contribution in [-0.2, 0) is 0 Å². The summed E-state index contributed by atoms with van der Waals surface area (Å²) in [4.78, 5) is 11.8. The van der Waals surface area contributed by atoms with Crippen molar-refractivity contribution in [3.05, 3.63) is 23.8 Å². The van der Waals surface area contributed by atoms with Gasteiger partial charge in [0.05, 0.1) is 6.04 Å². The highest BCUT2D eigenvalue weighted by molar-refractivity contribution is 5.74. The fourth-order valence-electron chi connectivity index (χ4n) is 1.83. The Hall–Kier alpha value is -1.91. The maximum Gasteiger partial charge on any atom is 0.315 e. The van der Waals surface area contributed by atoms with Crippen molar-refractivity contribution in [3.63, 3.8) is 0 Å². The summed E-state index contributed by atoms with van der Waals surface area (Å²) < 4.78 is 10.6. The number of urea groups is 1. The van der Waals surface area contributed by atoms with Crippen LogP contribution >= 0.6 is 0 Å². The number of benzene rings is 1. The van der Waals surface area contributed by atoms with Gasteiger partial charge in [-0.15, -0.1) is 0 Å². The minimum Gasteiger partial charge on any atom is -0.454 e. The molecule has 0 aromatic heterocycles. The number of amides is 2. The molecule has 2 N–H and O–H groups in total. The quantitative estimate of drug-likeness (QED) is 0.878. The first-order valence-corrected chi connectivity index (χ1v) is 6.56. The molecule has 2 amide bonds. The zero-order chi connectivity index (χ0) is 13.8. The number of carbonyl (C=O) groups is 1. The number of ether oxygens (including phenoxy) is 2. The first-order valence-electron chi connectivity index (χ1n) is 6.56. The van der Waals surface area contributed by atoms with Gasteiger partial charge in [-0.2, -0.15) is 0 Å². The molecule has 0 bridgehead atoms. The van der Waals surface area contributed by atoms with Crippen LogP contribution in [0.15, 0.2) is 18.2 Å². The fourth-order valence-corrected chi connectivity index (χ4v) is 1.83. The molecule has 0 saturated carbocycles. The minimum atomic E-state index is -0.153. The molecule has 5 nitrogen and oxygen atoms in total. The lowest BCUT2D eigenvalue weighted by molar-refractivity contribution is 0.174. The van der Waals surface area contributed by atoms with Gasteiger partial charge in [-0.3, -0.25) is 0 Å². The van der Waals surface area contributed by atoms with Gasteiger partial charge in [0.25, 0.3) is 0 Å². The summed E-state index contributed by atoms with van der Waals surface area (Å²) in [6.07, 6.45) is 0.909. The largest absolute Gasteiger partial charge is 0.454 e. The third kappa shape index (κ3) is 3.30. The Labute approximate surface area is 113 Å². The van der Waals surface area contributed by atoms with Gasteiger partial charge in [0.2, 0.25) is 6.79 Å². The highest BCUT2D eigenvalue weighted by Gasteiger charge is 2.17. The zero-order valence-corrected chi connectivity index (χ0v) is 11.5. The summed E-state index contributed by atoms with van der Waals surface area (Å²) in [5.74, 6) is 1.48. The summed E-state index contributed by atoms with van der Waals surface area (Å²) in [7, 11) is 0. The van der Waals surface area contributed by atoms with Crippen molar-refractivity contribution in [2.24, 2.45) is 0 Å². The van der Waals surface area contributed by atoms with Crippen LogP contribution in [0.2, 0.25) is 0 Å². The first kappa shape index (κ1) is 13.5. The second kappa shape index (κ2) is 5.82. The molecular weight excluding hydrogens is 244 g/mol. The third-order valence-electron chi connectivity index (χ3n) is 3.23. The average Bonchev–Trinajstić information content (AvgIpc) is 2.85. The van der Waals surface area contributed by atoms with Crippen LogP contribution in [0.1, 0.15) is 38.8 Å². The Bertz CT molecular complexity index is 462. The first-order chi connectivity index (χ1) is 9.10. The van der Waals surface area contributed by atoms with Crippen molar-refractivity contribution < 1.29 is 14.3 Å². The summed E-state index contributed by atoms with van der Waals surface area (Å²) in [5, 5.41) is 5.78. The lowest BCUT2D eigenvalue weighted by Gasteiger charge is -2.17. The Morgan fingerprint density at radius 1 is 1.26 bits per heavy atom. The smallest absolute Gasteiger partial charge is 0.315 e. The maximum absolute atomic E-state index is 11.8. The number of fused-ring (bicyclic) bond motifs is 1. The molecular formula is C14H20N2O3. The molecule has 0 aliphatic carbocycles. The van der Waals surface area contributed by atoms with Crippen LogP contribution in [0.5, 0.6) is 11.5 Å². The van der Waals surface area contributed by atoms with E-state index >= 15 is 0 Å². The lowest BCUT2D eigenvalue weighted by atomic mass is 10.1. The molecule has 0 saturated heterocycles. The van der Waals surface area contributed by atoms with Crippen molar-refractivity contribution in [1.29, 1.82) is 0 Å². The van der Waals surface area contributed by atoms with E-state index in [1.54, 1.807) is 0 Å². The van der Waals surface area contributed by atoms with Crippen molar-refractivity contribution in [3.8, 4) is 11.5 Å². The van der Waals surface area contributed by atoms with Crippen LogP contribution in [0.4, 0.5) is 4.79 Å². The zero-order valence-electron chi connectivity index (χ0n) is 11.5. The fraction of sp³-hybridized carbons (Fsp3) is 0.500. The molecule has 1 aliphatic rings. The van der Waals surface area contributed by atoms with Crippen molar-refractivity contribution >= 4 is 6.03 Å². The van der Waals surface area contributed by atoms with E-state index in [0.717, 1.165) is 23.5 Å². The average molecular weight is 264 g/mol. The van der Waals surface area contributed by atoms with Crippen LogP contribution in [0, 0.1) is 0 Å². The third-order valence-corrected chi connectivity index (χ3v) is 3.23. The molecule has 1 aromatic rings. The number of hydrogen-bond acceptors (Lipinski definition) is 3. The van der Waals surface area contributed by atoms with Gasteiger partial charge >= 0.3 is 6.03 Å². The number of carbonyl (C=O) groups excluding carboxylic acids is 1. The van der Waals surface area contributed by atoms with E-state index in [4.69, 9.17) is 9.47 Å². The molecule has 0 radical (unpaired) electrons. The molecule has 2 rings (SSSR count). The second-order valence-electron chi connectivity index (χ2n) is 4.76. The molecule has 0 spiro atoms. The van der Waals surface area contributed by atoms with E-state index in [9.17, 15) is 4.79 Å². The number of nitrogens with one attached hydrogen (secondary N) is 2. The summed E-state index contributed by atoms with van der Waals surface area (Å²) >= 11 is 0. The van der Waals surface area contributed by atoms with Gasteiger partial charge in [-0.05, 0) is 38.0 Å². The Kier molecular flexibility index (Phi) is 4.14. The molecule has 5 heteroatoms. The summed E-state index contributed by atoms with van der Waals surface area (Å²) in [5.41, 5.74) is 0.989. The Morgan fingerprint density at radius 3 is 2.74 bits per heavy atom. The van der Waals surface area contributed by atoms with Crippen molar-refractivity contribution in [1.82, 2.24) is 10.6 Å². The van der Waals surface area contributed by atoms with E-state index in [-0.39, 0.29) is 24.9 Å². The van der Waals surface area contributed by atoms with E-state index in [1.165, 1.54) is 0 Å². The van der Waals surface area contributed by atoms with Gasteiger partial charge in [-0.25, -0.2) is 4.79 Å². The molecule has 0 fully saturated rings. The standard InChI is InChI=1S/C14H20N2O3/c1-4-9(2)15-14(17)16-10(3)11-5-6-12-13(7-11)19-8-18-12/h5-7,9-10H,4,8H2,1-3H3,(H2,15,16,17)/t9-,10-/m1/s1. The van der Waals surface area contributed by atoms with Crippen LogP contribution < -0.4 is 20.1 Å². The van der Waals surface area contributed by atoms with Crippen molar-refractivity contribution in [2.45, 2.75) is 39.3 Å². The normalized spacial score (nSPS) is 15.7. The summed E-state index contributed by atoms with van der Waals surface area (Å²) in [6.45, 7) is 6.21. The predicted molar refractivity (Wildman–Crippen MR) is 72.4 cm³/mol. The van der Waals surface area contributed by atoms with Crippen LogP contribution in [0.25, 0.3) is 0 Å². The van der Waals surface area contributed by atoms with Gasteiger partial charge in [0.1, 0.15) is 0 Å². The molecule has 0 unspecified atom stereocenters. The molecule has 19 heavy (non-hydrogen) atoms. The molecule has 104 valence electrons. The highest BCUT2D eigenvalue weighted by Crippen LogP contribution is 2.34. The van der Waals surface area contributed by atoms with E-state index in [0.29, 0.717) is 0 Å². The number of hydrogen-bond donors (Lipinski definition) is 2. The van der Waals surface area contributed by atoms with Gasteiger partial charge in [0.15, 0.2) is 11.5 Å². The van der Waals surface area contributed by atoms with Gasteiger partial charge in [-0.1, -0.05) is 13.0 Å². The van der Waals surface area contributed by atoms with Crippen molar-refractivity contribution in [2.75, 3.05) is 6.79 Å². The van der Waals surface area contributed by atoms with E-state index in [1.807, 2.05) is 39.0 Å². The molecule has 2 atom stereocenters. The molecule has 1 heterocycles. The van der Waals surface area contributed by atoms with Crippen LogP contribution in [0.3, 0.4) is 0 Å². The van der Waals surface area contributed by atoms with E-state index < -0.39 is 0 Å². The summed E-state index contributed by atoms with van der Waals surface area (Å²) in [6, 6.07) is 5.63. The monoisotopic (exact) mass is 264 g/mol. The van der Waals surface area contributed by atoms with Gasteiger partial charge < -0.3 is 20.1 Å². The molecule has 1 aliphatic heterocycles. The minimum absolute atomic E-state index is 0.0847. The Balaban J connectivity index is 1.96. The van der Waals surface area contributed by atoms with Gasteiger partial charge in [0, 0.05) is 6.04 Å². The number of rotatable bonds is 4. The second-order valence-corrected chi connectivity index (χ2v) is 4.76. The Morgan fingerprint density at radius 2 is 2.00 bits per heavy atom. The highest BCUT2D eigenvalue weighted by atomic mass is 16.7. The predicted octanol–water partition coefficient (Wildman–Crippen LogP) is 2.57. The lowest BCUT2D eigenvalue weighted by Crippen LogP contribution is -2.41. The molecule has 1 aromatic carbocycles. The topological polar surface area (TPSA) is 59.6 Å².